The summed E-state index contributed by atoms with van der Waals surface area (Å²) in [6.07, 6.45) is 5.76. The van der Waals surface area contributed by atoms with Gasteiger partial charge in [-0.25, -0.2) is 9.37 Å². The molecule has 130 valence electrons. The summed E-state index contributed by atoms with van der Waals surface area (Å²) in [6, 6.07) is 11.6. The first kappa shape index (κ1) is 16.2. The summed E-state index contributed by atoms with van der Waals surface area (Å²) in [4.78, 5) is 23.0. The fourth-order valence-corrected chi connectivity index (χ4v) is 3.01. The molecule has 4 rings (SSSR count). The maximum atomic E-state index is 13.8. The summed E-state index contributed by atoms with van der Waals surface area (Å²) in [5, 5.41) is 0. The Labute approximate surface area is 150 Å². The second kappa shape index (κ2) is 6.92. The Hall–Kier alpha value is -3.28. The molecule has 0 fully saturated rings. The fraction of sp³-hybridized carbons (Fsp3) is 0.150. The zero-order chi connectivity index (χ0) is 17.9. The van der Waals surface area contributed by atoms with E-state index in [-0.39, 0.29) is 24.2 Å². The minimum absolute atomic E-state index is 0.00444. The van der Waals surface area contributed by atoms with Gasteiger partial charge in [0.25, 0.3) is 5.91 Å². The number of halogens is 1. The molecule has 0 bridgehead atoms. The summed E-state index contributed by atoms with van der Waals surface area (Å²) in [7, 11) is 0. The van der Waals surface area contributed by atoms with Crippen LogP contribution in [0.3, 0.4) is 0 Å². The van der Waals surface area contributed by atoms with E-state index in [1.165, 1.54) is 6.07 Å². The summed E-state index contributed by atoms with van der Waals surface area (Å²) >= 11 is 0. The second-order valence-corrected chi connectivity index (χ2v) is 5.95. The number of rotatable bonds is 4. The van der Waals surface area contributed by atoms with Gasteiger partial charge < -0.3 is 9.64 Å². The average Bonchev–Trinajstić information content (AvgIpc) is 3.11. The van der Waals surface area contributed by atoms with Crippen molar-refractivity contribution in [2.24, 2.45) is 0 Å². The molecule has 0 spiro atoms. The largest absolute Gasteiger partial charge is 0.472 e. The lowest BCUT2D eigenvalue weighted by Gasteiger charge is -2.18. The highest BCUT2D eigenvalue weighted by molar-refractivity contribution is 6.08. The molecular formula is C20H16FN3O2. The number of pyridine rings is 2. The monoisotopic (exact) mass is 349 g/mol. The van der Waals surface area contributed by atoms with E-state index in [9.17, 15) is 9.18 Å². The van der Waals surface area contributed by atoms with Crippen LogP contribution in [0.2, 0.25) is 0 Å². The van der Waals surface area contributed by atoms with Crippen molar-refractivity contribution in [1.82, 2.24) is 9.97 Å². The van der Waals surface area contributed by atoms with Crippen molar-refractivity contribution in [2.75, 3.05) is 11.4 Å². The normalized spacial score (nSPS) is 12.7. The van der Waals surface area contributed by atoms with Crippen LogP contribution in [0.1, 0.15) is 21.5 Å². The molecule has 0 atom stereocenters. The molecule has 3 heterocycles. The van der Waals surface area contributed by atoms with Crippen molar-refractivity contribution in [1.29, 1.82) is 0 Å². The molecule has 1 amide bonds. The summed E-state index contributed by atoms with van der Waals surface area (Å²) in [5.41, 5.74) is 2.66. The van der Waals surface area contributed by atoms with E-state index < -0.39 is 0 Å². The Morgan fingerprint density at radius 2 is 2.04 bits per heavy atom. The minimum atomic E-state index is -0.350. The lowest BCUT2D eigenvalue weighted by molar-refractivity contribution is 0.0984. The van der Waals surface area contributed by atoms with Gasteiger partial charge in [0, 0.05) is 30.7 Å². The maximum Gasteiger partial charge on any atom is 0.263 e. The minimum Gasteiger partial charge on any atom is -0.472 e. The van der Waals surface area contributed by atoms with Crippen LogP contribution in [0.4, 0.5) is 10.1 Å². The van der Waals surface area contributed by atoms with Gasteiger partial charge in [0.2, 0.25) is 5.88 Å². The van der Waals surface area contributed by atoms with Gasteiger partial charge in [-0.15, -0.1) is 0 Å². The van der Waals surface area contributed by atoms with Gasteiger partial charge in [-0.05, 0) is 36.2 Å². The maximum absolute atomic E-state index is 13.8. The number of hydrogen-bond acceptors (Lipinski definition) is 4. The summed E-state index contributed by atoms with van der Waals surface area (Å²) in [6.45, 7) is 0.589. The molecule has 2 aromatic heterocycles. The van der Waals surface area contributed by atoms with Gasteiger partial charge >= 0.3 is 0 Å². The highest BCUT2D eigenvalue weighted by Crippen LogP contribution is 2.29. The topological polar surface area (TPSA) is 55.3 Å². The second-order valence-electron chi connectivity index (χ2n) is 5.95. The first-order valence-electron chi connectivity index (χ1n) is 8.30. The zero-order valence-electron chi connectivity index (χ0n) is 13.9. The van der Waals surface area contributed by atoms with Crippen LogP contribution >= 0.6 is 0 Å². The number of carbonyl (C=O) groups is 1. The van der Waals surface area contributed by atoms with Crippen molar-refractivity contribution < 1.29 is 13.9 Å². The van der Waals surface area contributed by atoms with Crippen LogP contribution < -0.4 is 9.64 Å². The number of anilines is 1. The van der Waals surface area contributed by atoms with Crippen molar-refractivity contribution in [3.8, 4) is 5.88 Å². The lowest BCUT2D eigenvalue weighted by Crippen LogP contribution is -2.29. The Morgan fingerprint density at radius 1 is 1.15 bits per heavy atom. The fourth-order valence-electron chi connectivity index (χ4n) is 3.01. The molecule has 1 aromatic carbocycles. The van der Waals surface area contributed by atoms with Crippen LogP contribution in [-0.4, -0.2) is 22.4 Å². The number of benzene rings is 1. The van der Waals surface area contributed by atoms with E-state index in [2.05, 4.69) is 9.97 Å². The molecule has 6 heteroatoms. The number of fused-ring (bicyclic) bond motifs is 1. The first-order chi connectivity index (χ1) is 12.7. The Kier molecular flexibility index (Phi) is 4.31. The zero-order valence-corrected chi connectivity index (χ0v) is 13.9. The predicted octanol–water partition coefficient (Wildman–Crippen LogP) is 3.40. The van der Waals surface area contributed by atoms with Crippen molar-refractivity contribution >= 4 is 11.6 Å². The molecule has 3 aromatic rings. The SMILES string of the molecule is O=C(c1cccnc1OCc1ccccc1F)N1CCc2cnccc21. The van der Waals surface area contributed by atoms with Gasteiger partial charge in [-0.3, -0.25) is 9.78 Å². The van der Waals surface area contributed by atoms with E-state index in [0.717, 1.165) is 17.7 Å². The number of ether oxygens (including phenoxy) is 1. The van der Waals surface area contributed by atoms with E-state index in [1.54, 1.807) is 53.8 Å². The number of amides is 1. The molecular weight excluding hydrogens is 333 g/mol. The number of aromatic nitrogens is 2. The first-order valence-corrected chi connectivity index (χ1v) is 8.30. The molecule has 1 aliphatic heterocycles. The average molecular weight is 349 g/mol. The van der Waals surface area contributed by atoms with Crippen molar-refractivity contribution in [2.45, 2.75) is 13.0 Å². The molecule has 1 aliphatic rings. The van der Waals surface area contributed by atoms with Crippen molar-refractivity contribution in [3.05, 3.63) is 83.6 Å². The summed E-state index contributed by atoms with van der Waals surface area (Å²) in [5.74, 6) is -0.341. The van der Waals surface area contributed by atoms with Gasteiger partial charge in [-0.1, -0.05) is 18.2 Å². The van der Waals surface area contributed by atoms with Gasteiger partial charge in [0.1, 0.15) is 18.0 Å². The van der Waals surface area contributed by atoms with E-state index in [1.807, 2.05) is 6.07 Å². The third-order valence-corrected chi connectivity index (χ3v) is 4.34. The van der Waals surface area contributed by atoms with Crippen LogP contribution in [0.5, 0.6) is 5.88 Å². The van der Waals surface area contributed by atoms with Crippen LogP contribution in [-0.2, 0) is 13.0 Å². The molecule has 0 aliphatic carbocycles. The van der Waals surface area contributed by atoms with Crippen LogP contribution in [0.15, 0.2) is 61.1 Å². The van der Waals surface area contributed by atoms with Gasteiger partial charge in [0.15, 0.2) is 0 Å². The molecule has 26 heavy (non-hydrogen) atoms. The quantitative estimate of drug-likeness (QED) is 0.724. The highest BCUT2D eigenvalue weighted by Gasteiger charge is 2.27. The molecule has 0 N–H and O–H groups in total. The standard InChI is InChI=1S/C20H16FN3O2/c21-17-6-2-1-4-15(17)13-26-19-16(5-3-9-23-19)20(25)24-11-8-14-12-22-10-7-18(14)24/h1-7,9-10,12H,8,11,13H2. The number of nitrogens with zero attached hydrogens (tertiary/aromatic N) is 3. The molecule has 0 unspecified atom stereocenters. The Bertz CT molecular complexity index is 961. The van der Waals surface area contributed by atoms with Gasteiger partial charge in [-0.2, -0.15) is 0 Å². The van der Waals surface area contributed by atoms with E-state index >= 15 is 0 Å². The van der Waals surface area contributed by atoms with Crippen molar-refractivity contribution in [3.63, 3.8) is 0 Å². The Balaban J connectivity index is 1.58. The molecule has 0 saturated carbocycles. The molecule has 5 nitrogen and oxygen atoms in total. The lowest BCUT2D eigenvalue weighted by atomic mass is 10.2. The highest BCUT2D eigenvalue weighted by atomic mass is 19.1. The number of carbonyl (C=O) groups excluding carboxylic acids is 1. The molecule has 0 saturated heterocycles. The van der Waals surface area contributed by atoms with Crippen LogP contribution in [0.25, 0.3) is 0 Å². The van der Waals surface area contributed by atoms with Gasteiger partial charge in [0.05, 0.1) is 5.69 Å². The number of hydrogen-bond donors (Lipinski definition) is 0. The summed E-state index contributed by atoms with van der Waals surface area (Å²) < 4.78 is 19.4. The Morgan fingerprint density at radius 3 is 2.92 bits per heavy atom. The smallest absolute Gasteiger partial charge is 0.263 e. The van der Waals surface area contributed by atoms with E-state index in [4.69, 9.17) is 4.74 Å². The third kappa shape index (κ3) is 3.01. The van der Waals surface area contributed by atoms with E-state index in [0.29, 0.717) is 17.7 Å². The third-order valence-electron chi connectivity index (χ3n) is 4.34. The van der Waals surface area contributed by atoms with Crippen LogP contribution in [0, 0.1) is 5.82 Å². The predicted molar refractivity (Wildman–Crippen MR) is 94.6 cm³/mol. The molecule has 0 radical (unpaired) electrons.